The van der Waals surface area contributed by atoms with E-state index in [4.69, 9.17) is 0 Å². The molecule has 0 radical (unpaired) electrons. The van der Waals surface area contributed by atoms with Gasteiger partial charge in [-0.2, -0.15) is 5.10 Å². The second-order valence-corrected chi connectivity index (χ2v) is 7.98. The predicted octanol–water partition coefficient (Wildman–Crippen LogP) is 2.16. The molecule has 0 spiro atoms. The van der Waals surface area contributed by atoms with Gasteiger partial charge in [0.25, 0.3) is 5.91 Å². The van der Waals surface area contributed by atoms with Crippen LogP contribution < -0.4 is 5.43 Å². The number of hydrazone groups is 1. The van der Waals surface area contributed by atoms with Crippen molar-refractivity contribution in [2.45, 2.75) is 44.6 Å². The van der Waals surface area contributed by atoms with Crippen LogP contribution in [0.1, 0.15) is 59.1 Å². The van der Waals surface area contributed by atoms with E-state index in [2.05, 4.69) is 10.5 Å². The molecule has 1 unspecified atom stereocenters. The van der Waals surface area contributed by atoms with Crippen LogP contribution in [-0.4, -0.2) is 53.9 Å². The lowest BCUT2D eigenvalue weighted by Gasteiger charge is -2.24. The predicted molar refractivity (Wildman–Crippen MR) is 100 cm³/mol. The van der Waals surface area contributed by atoms with Crippen LogP contribution in [0.3, 0.4) is 0 Å². The molecule has 2 aliphatic rings. The first-order valence-electron chi connectivity index (χ1n) is 8.91. The van der Waals surface area contributed by atoms with E-state index in [-0.39, 0.29) is 23.8 Å². The minimum absolute atomic E-state index is 0.00511. The Morgan fingerprint density at radius 1 is 1.35 bits per heavy atom. The summed E-state index contributed by atoms with van der Waals surface area (Å²) in [6.45, 7) is 0.752. The van der Waals surface area contributed by atoms with Gasteiger partial charge in [-0.25, -0.2) is 5.43 Å². The molecule has 1 atom stereocenters. The molecule has 3 heterocycles. The summed E-state index contributed by atoms with van der Waals surface area (Å²) in [5, 5.41) is 4.03. The Morgan fingerprint density at radius 2 is 2.15 bits per heavy atom. The van der Waals surface area contributed by atoms with Gasteiger partial charge in [-0.3, -0.25) is 14.4 Å². The van der Waals surface area contributed by atoms with E-state index in [1.54, 1.807) is 19.0 Å². The molecule has 2 aliphatic heterocycles. The van der Waals surface area contributed by atoms with E-state index in [9.17, 15) is 14.4 Å². The fraction of sp³-hybridized carbons (Fsp3) is 0.556. The number of nitrogens with one attached hydrogen (secondary N) is 1. The second-order valence-electron chi connectivity index (χ2n) is 6.86. The number of likely N-dealkylation sites (tertiary alicyclic amines) is 1. The van der Waals surface area contributed by atoms with Crippen LogP contribution in [0.25, 0.3) is 0 Å². The van der Waals surface area contributed by atoms with Crippen molar-refractivity contribution in [3.63, 3.8) is 0 Å². The Morgan fingerprint density at radius 3 is 2.85 bits per heavy atom. The van der Waals surface area contributed by atoms with Crippen molar-refractivity contribution < 1.29 is 14.4 Å². The molecule has 0 bridgehead atoms. The second kappa shape index (κ2) is 7.99. The molecular formula is C18H24N4O3S. The lowest BCUT2D eigenvalue weighted by atomic mass is 10.1. The number of rotatable bonds is 5. The summed E-state index contributed by atoms with van der Waals surface area (Å²) in [5.74, 6) is 0.0379. The maximum atomic E-state index is 12.7. The zero-order valence-corrected chi connectivity index (χ0v) is 16.0. The highest BCUT2D eigenvalue weighted by atomic mass is 32.1. The summed E-state index contributed by atoms with van der Waals surface area (Å²) in [5.41, 5.74) is 3.35. The molecule has 3 rings (SSSR count). The van der Waals surface area contributed by atoms with Crippen molar-refractivity contribution in [2.24, 2.45) is 5.10 Å². The number of amides is 3. The molecule has 26 heavy (non-hydrogen) atoms. The third-order valence-corrected chi connectivity index (χ3v) is 5.93. The van der Waals surface area contributed by atoms with Gasteiger partial charge in [-0.15, -0.1) is 11.3 Å². The molecule has 0 saturated carbocycles. The lowest BCUT2D eigenvalue weighted by molar-refractivity contribution is -0.131. The van der Waals surface area contributed by atoms with E-state index >= 15 is 0 Å². The van der Waals surface area contributed by atoms with Crippen LogP contribution in [0.15, 0.2) is 17.2 Å². The molecular weight excluding hydrogens is 352 g/mol. The first kappa shape index (κ1) is 18.6. The number of carbonyl (C=O) groups is 3. The minimum atomic E-state index is -0.0690. The summed E-state index contributed by atoms with van der Waals surface area (Å²) in [4.78, 5) is 41.2. The topological polar surface area (TPSA) is 82.1 Å². The van der Waals surface area contributed by atoms with Gasteiger partial charge in [0.15, 0.2) is 0 Å². The fourth-order valence-electron chi connectivity index (χ4n) is 3.32. The van der Waals surface area contributed by atoms with Gasteiger partial charge >= 0.3 is 0 Å². The van der Waals surface area contributed by atoms with Crippen LogP contribution in [-0.2, 0) is 9.59 Å². The third-order valence-electron chi connectivity index (χ3n) is 4.75. The summed E-state index contributed by atoms with van der Waals surface area (Å²) in [6, 6.07) is 3.88. The smallest absolute Gasteiger partial charge is 0.263 e. The third kappa shape index (κ3) is 4.12. The van der Waals surface area contributed by atoms with Crippen molar-refractivity contribution in [3.05, 3.63) is 21.9 Å². The average Bonchev–Trinajstić information content (AvgIpc) is 3.29. The molecule has 0 aliphatic carbocycles. The van der Waals surface area contributed by atoms with Crippen molar-refractivity contribution >= 4 is 34.8 Å². The maximum absolute atomic E-state index is 12.7. The fourth-order valence-corrected chi connectivity index (χ4v) is 4.49. The first-order valence-corrected chi connectivity index (χ1v) is 9.72. The molecule has 0 aromatic carbocycles. The maximum Gasteiger partial charge on any atom is 0.263 e. The van der Waals surface area contributed by atoms with Crippen molar-refractivity contribution in [3.8, 4) is 0 Å². The zero-order chi connectivity index (χ0) is 18.7. The van der Waals surface area contributed by atoms with Gasteiger partial charge in [0.05, 0.1) is 10.9 Å². The van der Waals surface area contributed by atoms with Crippen LogP contribution in [0.2, 0.25) is 0 Å². The number of carbonyl (C=O) groups excluding carboxylic acids is 3. The van der Waals surface area contributed by atoms with Gasteiger partial charge in [0.1, 0.15) is 0 Å². The molecule has 1 N–H and O–H groups in total. The monoisotopic (exact) mass is 376 g/mol. The highest BCUT2D eigenvalue weighted by Crippen LogP contribution is 2.36. The van der Waals surface area contributed by atoms with Crippen molar-refractivity contribution in [1.29, 1.82) is 0 Å². The van der Waals surface area contributed by atoms with E-state index < -0.39 is 0 Å². The van der Waals surface area contributed by atoms with E-state index in [1.165, 1.54) is 11.3 Å². The van der Waals surface area contributed by atoms with Crippen molar-refractivity contribution in [2.75, 3.05) is 20.6 Å². The van der Waals surface area contributed by atoms with Gasteiger partial charge in [-0.05, 0) is 37.8 Å². The van der Waals surface area contributed by atoms with Crippen LogP contribution in [0.4, 0.5) is 0 Å². The molecule has 140 valence electrons. The molecule has 7 nitrogen and oxygen atoms in total. The van der Waals surface area contributed by atoms with E-state index in [0.29, 0.717) is 30.6 Å². The van der Waals surface area contributed by atoms with Gasteiger partial charge < -0.3 is 9.80 Å². The highest BCUT2D eigenvalue weighted by molar-refractivity contribution is 7.14. The Balaban J connectivity index is 1.61. The average molecular weight is 376 g/mol. The normalized spacial score (nSPS) is 19.9. The SMILES string of the molecule is CN(C)C(=O)c1ccc(C2CCCN2C(=O)CCC2=NNC(=O)CC2)s1. The number of hydrogen-bond acceptors (Lipinski definition) is 5. The molecule has 8 heteroatoms. The van der Waals surface area contributed by atoms with Gasteiger partial charge in [0, 0.05) is 44.1 Å². The van der Waals surface area contributed by atoms with Crippen LogP contribution >= 0.6 is 11.3 Å². The number of hydrogen-bond donors (Lipinski definition) is 1. The standard InChI is InChI=1S/C18H24N4O3S/c1-21(2)18(25)15-8-7-14(26-15)13-4-3-11-22(13)17(24)10-6-12-5-9-16(23)20-19-12/h7-8,13H,3-6,9-11H2,1-2H3,(H,20,23). The van der Waals surface area contributed by atoms with Crippen LogP contribution in [0, 0.1) is 0 Å². The zero-order valence-electron chi connectivity index (χ0n) is 15.2. The summed E-state index contributed by atoms with van der Waals surface area (Å²) in [7, 11) is 3.48. The number of nitrogens with zero attached hydrogens (tertiary/aromatic N) is 3. The minimum Gasteiger partial charge on any atom is -0.344 e. The quantitative estimate of drug-likeness (QED) is 0.855. The first-order chi connectivity index (χ1) is 12.5. The Kier molecular flexibility index (Phi) is 5.70. The van der Waals surface area contributed by atoms with Crippen molar-refractivity contribution in [1.82, 2.24) is 15.2 Å². The Labute approximate surface area is 157 Å². The largest absolute Gasteiger partial charge is 0.344 e. The Bertz CT molecular complexity index is 741. The molecule has 1 fully saturated rings. The van der Waals surface area contributed by atoms with E-state index in [1.807, 2.05) is 17.0 Å². The molecule has 1 saturated heterocycles. The van der Waals surface area contributed by atoms with Crippen LogP contribution in [0.5, 0.6) is 0 Å². The Hall–Kier alpha value is -2.22. The molecule has 3 amide bonds. The van der Waals surface area contributed by atoms with Gasteiger partial charge in [-0.1, -0.05) is 0 Å². The summed E-state index contributed by atoms with van der Waals surface area (Å²) < 4.78 is 0. The summed E-state index contributed by atoms with van der Waals surface area (Å²) in [6.07, 6.45) is 3.96. The highest BCUT2D eigenvalue weighted by Gasteiger charge is 2.31. The lowest BCUT2D eigenvalue weighted by Crippen LogP contribution is -2.31. The van der Waals surface area contributed by atoms with Gasteiger partial charge in [0.2, 0.25) is 11.8 Å². The number of thiophene rings is 1. The van der Waals surface area contributed by atoms with E-state index in [0.717, 1.165) is 30.0 Å². The molecule has 1 aromatic heterocycles. The summed E-state index contributed by atoms with van der Waals surface area (Å²) >= 11 is 1.48. The molecule has 1 aromatic rings.